The van der Waals surface area contributed by atoms with Crippen LogP contribution in [0.1, 0.15) is 5.56 Å². The molecule has 0 spiro atoms. The molecule has 1 aromatic carbocycles. The lowest BCUT2D eigenvalue weighted by atomic mass is 10.1. The predicted octanol–water partition coefficient (Wildman–Crippen LogP) is 2.17. The smallest absolute Gasteiger partial charge is 0.147 e. The lowest BCUT2D eigenvalue weighted by Crippen LogP contribution is -2.07. The van der Waals surface area contributed by atoms with E-state index in [0.717, 1.165) is 6.07 Å². The van der Waals surface area contributed by atoms with Crippen LogP contribution < -0.4 is 10.6 Å². The number of benzene rings is 1. The Morgan fingerprint density at radius 1 is 1.47 bits per heavy atom. The van der Waals surface area contributed by atoms with E-state index in [-0.39, 0.29) is 28.8 Å². The molecule has 1 rings (SSSR count). The molecule has 0 bridgehead atoms. The lowest BCUT2D eigenvalue weighted by molar-refractivity contribution is 0.140. The van der Waals surface area contributed by atoms with Crippen LogP contribution in [0.3, 0.4) is 0 Å². The monoisotopic (exact) mass is 281 g/mol. The molecule has 2 N–H and O–H groups in total. The second-order valence-electron chi connectivity index (χ2n) is 2.79. The zero-order valence-electron chi connectivity index (χ0n) is 8.02. The van der Waals surface area contributed by atoms with Gasteiger partial charge in [-0.15, -0.1) is 0 Å². The van der Waals surface area contributed by atoms with Crippen LogP contribution in [-0.2, 0) is 11.3 Å². The van der Waals surface area contributed by atoms with E-state index in [9.17, 15) is 8.78 Å². The summed E-state index contributed by atoms with van der Waals surface area (Å²) in [4.78, 5) is 4.27. The van der Waals surface area contributed by atoms with Gasteiger partial charge in [0.1, 0.15) is 17.4 Å². The van der Waals surface area contributed by atoms with Crippen molar-refractivity contribution in [3.63, 3.8) is 0 Å². The second kappa shape index (κ2) is 5.39. The number of halogens is 3. The van der Waals surface area contributed by atoms with Crippen molar-refractivity contribution in [2.24, 2.45) is 5.90 Å². The highest BCUT2D eigenvalue weighted by atomic mass is 79.9. The van der Waals surface area contributed by atoms with Gasteiger partial charge in [-0.05, 0) is 15.9 Å². The Morgan fingerprint density at radius 2 is 2.13 bits per heavy atom. The average molecular weight is 282 g/mol. The molecule has 0 unspecified atom stereocenters. The fraction of sp³-hybridized carbons (Fsp3) is 0.333. The van der Waals surface area contributed by atoms with Gasteiger partial charge in [0, 0.05) is 18.1 Å². The molecule has 0 aliphatic heterocycles. The zero-order chi connectivity index (χ0) is 11.4. The highest BCUT2D eigenvalue weighted by Gasteiger charge is 2.17. The molecule has 3 nitrogen and oxygen atoms in total. The highest BCUT2D eigenvalue weighted by molar-refractivity contribution is 9.10. The Kier molecular flexibility index (Phi) is 4.44. The fourth-order valence-corrected chi connectivity index (χ4v) is 1.67. The summed E-state index contributed by atoms with van der Waals surface area (Å²) in [5.74, 6) is 3.54. The van der Waals surface area contributed by atoms with E-state index in [1.165, 1.54) is 7.11 Å². The molecule has 0 amide bonds. The Bertz CT molecular complexity index is 360. The van der Waals surface area contributed by atoms with E-state index >= 15 is 0 Å². The third-order valence-electron chi connectivity index (χ3n) is 1.91. The summed E-state index contributed by atoms with van der Waals surface area (Å²) >= 11 is 2.98. The van der Waals surface area contributed by atoms with Crippen LogP contribution in [0.2, 0.25) is 0 Å². The summed E-state index contributed by atoms with van der Waals surface area (Å²) in [6.07, 6.45) is 0.0662. The van der Waals surface area contributed by atoms with Crippen molar-refractivity contribution in [1.82, 2.24) is 0 Å². The summed E-state index contributed by atoms with van der Waals surface area (Å²) in [5, 5.41) is 0. The molecule has 6 heteroatoms. The second-order valence-corrected chi connectivity index (χ2v) is 3.58. The van der Waals surface area contributed by atoms with Crippen molar-refractivity contribution in [3.8, 4) is 5.75 Å². The van der Waals surface area contributed by atoms with Crippen molar-refractivity contribution < 1.29 is 18.4 Å². The molecule has 0 heterocycles. The van der Waals surface area contributed by atoms with Crippen LogP contribution in [0.4, 0.5) is 8.78 Å². The van der Waals surface area contributed by atoms with E-state index in [0.29, 0.717) is 0 Å². The molecule has 0 aliphatic rings. The largest absolute Gasteiger partial charge is 0.495 e. The molecule has 1 aromatic rings. The number of hydrogen-bond acceptors (Lipinski definition) is 3. The van der Waals surface area contributed by atoms with Crippen molar-refractivity contribution in [1.29, 1.82) is 0 Å². The zero-order valence-corrected chi connectivity index (χ0v) is 9.61. The summed E-state index contributed by atoms with van der Waals surface area (Å²) in [5.41, 5.74) is -0.0758. The molecular formula is C9H10BrF2NO2. The van der Waals surface area contributed by atoms with Gasteiger partial charge in [0.15, 0.2) is 0 Å². The summed E-state index contributed by atoms with van der Waals surface area (Å²) in [6.45, 7) is 0.0482. The number of methoxy groups -OCH3 is 1. The van der Waals surface area contributed by atoms with Gasteiger partial charge in [0.25, 0.3) is 0 Å². The summed E-state index contributed by atoms with van der Waals surface area (Å²) in [7, 11) is 1.33. The predicted molar refractivity (Wildman–Crippen MR) is 54.5 cm³/mol. The van der Waals surface area contributed by atoms with Gasteiger partial charge in [0.05, 0.1) is 18.2 Å². The first-order valence-corrected chi connectivity index (χ1v) is 4.93. The van der Waals surface area contributed by atoms with Gasteiger partial charge >= 0.3 is 0 Å². The summed E-state index contributed by atoms with van der Waals surface area (Å²) in [6, 6.07) is 1.11. The topological polar surface area (TPSA) is 44.5 Å². The van der Waals surface area contributed by atoms with Crippen LogP contribution in [0, 0.1) is 11.6 Å². The average Bonchev–Trinajstić information content (AvgIpc) is 2.23. The lowest BCUT2D eigenvalue weighted by Gasteiger charge is -2.09. The van der Waals surface area contributed by atoms with Crippen LogP contribution in [0.5, 0.6) is 5.75 Å². The fourth-order valence-electron chi connectivity index (χ4n) is 1.15. The minimum atomic E-state index is -0.691. The van der Waals surface area contributed by atoms with E-state index in [1.807, 2.05) is 0 Å². The maximum absolute atomic E-state index is 13.6. The van der Waals surface area contributed by atoms with Gasteiger partial charge in [0.2, 0.25) is 0 Å². The van der Waals surface area contributed by atoms with E-state index in [2.05, 4.69) is 20.8 Å². The first kappa shape index (κ1) is 12.4. The third-order valence-corrected chi connectivity index (χ3v) is 2.65. The molecule has 0 saturated carbocycles. The molecule has 0 atom stereocenters. The molecule has 0 radical (unpaired) electrons. The normalized spacial score (nSPS) is 10.5. The standard InChI is InChI=1S/C9H10BrF2NO2/c1-14-7-4-6(11)5(2-3-15-13)9(12)8(7)10/h4H,2-3,13H2,1H3. The van der Waals surface area contributed by atoms with Gasteiger partial charge in [-0.1, -0.05) is 0 Å². The van der Waals surface area contributed by atoms with Gasteiger partial charge in [-0.25, -0.2) is 14.7 Å². The van der Waals surface area contributed by atoms with E-state index in [1.54, 1.807) is 0 Å². The Labute approximate surface area is 94.2 Å². The molecular weight excluding hydrogens is 272 g/mol. The minimum absolute atomic E-state index is 0.0482. The van der Waals surface area contributed by atoms with Crippen molar-refractivity contribution in [3.05, 3.63) is 27.7 Å². The maximum atomic E-state index is 13.6. The SMILES string of the molecule is COc1cc(F)c(CCON)c(F)c1Br. The molecule has 0 saturated heterocycles. The van der Waals surface area contributed by atoms with Gasteiger partial charge < -0.3 is 9.57 Å². The van der Waals surface area contributed by atoms with Crippen molar-refractivity contribution in [2.45, 2.75) is 6.42 Å². The summed E-state index contributed by atoms with van der Waals surface area (Å²) < 4.78 is 31.8. The highest BCUT2D eigenvalue weighted by Crippen LogP contribution is 2.31. The van der Waals surface area contributed by atoms with Crippen LogP contribution in [0.15, 0.2) is 10.5 Å². The van der Waals surface area contributed by atoms with Crippen molar-refractivity contribution >= 4 is 15.9 Å². The van der Waals surface area contributed by atoms with E-state index < -0.39 is 11.6 Å². The molecule has 15 heavy (non-hydrogen) atoms. The number of rotatable bonds is 4. The molecule has 84 valence electrons. The number of nitrogens with two attached hydrogens (primary N) is 1. The molecule has 0 aromatic heterocycles. The Hall–Kier alpha value is -0.720. The van der Waals surface area contributed by atoms with E-state index in [4.69, 9.17) is 10.6 Å². The van der Waals surface area contributed by atoms with Gasteiger partial charge in [-0.2, -0.15) is 0 Å². The maximum Gasteiger partial charge on any atom is 0.147 e. The third kappa shape index (κ3) is 2.64. The molecule has 0 fully saturated rings. The number of hydrogen-bond donors (Lipinski definition) is 1. The quantitative estimate of drug-likeness (QED) is 0.680. The number of ether oxygens (including phenoxy) is 1. The Balaban J connectivity index is 3.11. The van der Waals surface area contributed by atoms with Crippen LogP contribution >= 0.6 is 15.9 Å². The molecule has 0 aliphatic carbocycles. The van der Waals surface area contributed by atoms with Gasteiger partial charge in [-0.3, -0.25) is 0 Å². The van der Waals surface area contributed by atoms with Crippen LogP contribution in [0.25, 0.3) is 0 Å². The first-order valence-electron chi connectivity index (χ1n) is 4.13. The minimum Gasteiger partial charge on any atom is -0.495 e. The van der Waals surface area contributed by atoms with Crippen molar-refractivity contribution in [2.75, 3.05) is 13.7 Å². The van der Waals surface area contributed by atoms with Crippen LogP contribution in [-0.4, -0.2) is 13.7 Å². The Morgan fingerprint density at radius 3 is 2.67 bits per heavy atom. The first-order chi connectivity index (χ1) is 7.11.